The minimum absolute atomic E-state index is 0. The predicted octanol–water partition coefficient (Wildman–Crippen LogP) is 0.317. The van der Waals surface area contributed by atoms with Gasteiger partial charge in [0.15, 0.2) is 4.90 Å². The van der Waals surface area contributed by atoms with E-state index in [9.17, 15) is 23.6 Å². The Labute approximate surface area is 128 Å². The van der Waals surface area contributed by atoms with Crippen LogP contribution in [0.1, 0.15) is 6.92 Å². The predicted molar refractivity (Wildman–Crippen MR) is 77.7 cm³/mol. The lowest BCUT2D eigenvalue weighted by molar-refractivity contribution is -0.387. The summed E-state index contributed by atoms with van der Waals surface area (Å²) >= 11 is 0. The highest BCUT2D eigenvalue weighted by Crippen LogP contribution is 2.28. The van der Waals surface area contributed by atoms with Gasteiger partial charge in [-0.3, -0.25) is 10.1 Å². The van der Waals surface area contributed by atoms with Crippen molar-refractivity contribution >= 4 is 28.1 Å². The Morgan fingerprint density at radius 3 is 2.67 bits per heavy atom. The van der Waals surface area contributed by atoms with Gasteiger partial charge in [-0.15, -0.1) is 12.4 Å². The maximum absolute atomic E-state index is 12.5. The van der Waals surface area contributed by atoms with Gasteiger partial charge in [0.2, 0.25) is 0 Å². The number of aliphatic hydroxyl groups excluding tert-OH is 1. The largest absolute Gasteiger partial charge is 0.376 e. The molecule has 0 saturated carbocycles. The van der Waals surface area contributed by atoms with Crippen molar-refractivity contribution in [1.82, 2.24) is 9.62 Å². The van der Waals surface area contributed by atoms with Crippen LogP contribution in [0.2, 0.25) is 0 Å². The second-order valence-corrected chi connectivity index (χ2v) is 6.36. The van der Waals surface area contributed by atoms with Gasteiger partial charge in [0, 0.05) is 25.2 Å². The normalized spacial score (nSPS) is 23.3. The number of nitrogens with one attached hydrogen (secondary N) is 1. The molecule has 1 aliphatic heterocycles. The molecule has 2 rings (SSSR count). The van der Waals surface area contributed by atoms with Crippen LogP contribution in [-0.4, -0.2) is 48.1 Å². The summed E-state index contributed by atoms with van der Waals surface area (Å²) in [7, 11) is -4.12. The Bertz CT molecular complexity index is 624. The molecule has 10 heteroatoms. The molecule has 8 nitrogen and oxygen atoms in total. The molecule has 0 amide bonds. The lowest BCUT2D eigenvalue weighted by Gasteiger charge is -2.35. The topological polar surface area (TPSA) is 113 Å². The Morgan fingerprint density at radius 1 is 1.43 bits per heavy atom. The Hall–Kier alpha value is -1.26. The maximum Gasteiger partial charge on any atom is 0.289 e. The average Bonchev–Trinajstić information content (AvgIpc) is 2.41. The highest BCUT2D eigenvalue weighted by molar-refractivity contribution is 7.89. The number of hydrogen-bond acceptors (Lipinski definition) is 6. The summed E-state index contributed by atoms with van der Waals surface area (Å²) in [5, 5.41) is 23.9. The van der Waals surface area contributed by atoms with E-state index in [2.05, 4.69) is 5.32 Å². The van der Waals surface area contributed by atoms with Crippen molar-refractivity contribution in [2.75, 3.05) is 13.1 Å². The van der Waals surface area contributed by atoms with Crippen molar-refractivity contribution in [1.29, 1.82) is 0 Å². The number of para-hydroxylation sites is 1. The highest BCUT2D eigenvalue weighted by atomic mass is 35.5. The summed E-state index contributed by atoms with van der Waals surface area (Å²) in [5.41, 5.74) is -0.495. The van der Waals surface area contributed by atoms with Gasteiger partial charge >= 0.3 is 0 Å². The smallest absolute Gasteiger partial charge is 0.289 e. The minimum Gasteiger partial charge on any atom is -0.376 e. The summed E-state index contributed by atoms with van der Waals surface area (Å²) in [6, 6.07) is 4.67. The fourth-order valence-corrected chi connectivity index (χ4v) is 3.81. The number of nitrogens with zero attached hydrogens (tertiary/aromatic N) is 2. The third kappa shape index (κ3) is 3.33. The van der Waals surface area contributed by atoms with Crippen LogP contribution in [-0.2, 0) is 10.0 Å². The first-order valence-electron chi connectivity index (χ1n) is 6.02. The zero-order chi connectivity index (χ0) is 14.9. The van der Waals surface area contributed by atoms with Crippen molar-refractivity contribution in [3.8, 4) is 0 Å². The first-order valence-corrected chi connectivity index (χ1v) is 7.46. The first-order chi connectivity index (χ1) is 9.35. The number of halogens is 1. The SMILES string of the molecule is CC1NCCN(S(=O)(=O)c2ccccc2[N+](=O)[O-])C1O.Cl. The van der Waals surface area contributed by atoms with E-state index >= 15 is 0 Å². The van der Waals surface area contributed by atoms with E-state index in [1.165, 1.54) is 18.2 Å². The standard InChI is InChI=1S/C11H15N3O5S.ClH/c1-8-11(15)13(7-6-12-8)20(18,19)10-5-3-2-4-9(10)14(16)17;/h2-5,8,11-12,15H,6-7H2,1H3;1H. The molecule has 2 unspecified atom stereocenters. The maximum atomic E-state index is 12.5. The molecular formula is C11H16ClN3O5S. The molecule has 0 aromatic heterocycles. The van der Waals surface area contributed by atoms with Crippen LogP contribution < -0.4 is 5.32 Å². The zero-order valence-corrected chi connectivity index (χ0v) is 12.8. The summed E-state index contributed by atoms with van der Waals surface area (Å²) in [4.78, 5) is 9.80. The fraction of sp³-hybridized carbons (Fsp3) is 0.455. The molecule has 21 heavy (non-hydrogen) atoms. The van der Waals surface area contributed by atoms with Crippen LogP contribution in [0, 0.1) is 10.1 Å². The van der Waals surface area contributed by atoms with Crippen LogP contribution in [0.25, 0.3) is 0 Å². The molecule has 0 aliphatic carbocycles. The van der Waals surface area contributed by atoms with Crippen molar-refractivity contribution in [3.63, 3.8) is 0 Å². The quantitative estimate of drug-likeness (QED) is 0.606. The van der Waals surface area contributed by atoms with Crippen LogP contribution in [0.3, 0.4) is 0 Å². The molecule has 1 aromatic carbocycles. The van der Waals surface area contributed by atoms with E-state index in [1.54, 1.807) is 6.92 Å². The van der Waals surface area contributed by atoms with Crippen LogP contribution in [0.5, 0.6) is 0 Å². The summed E-state index contributed by atoms with van der Waals surface area (Å²) in [6.45, 7) is 2.07. The second kappa shape index (κ2) is 6.67. The Kier molecular flexibility index (Phi) is 5.65. The van der Waals surface area contributed by atoms with Gasteiger partial charge in [0.1, 0.15) is 6.23 Å². The number of rotatable bonds is 3. The van der Waals surface area contributed by atoms with Crippen molar-refractivity contribution in [3.05, 3.63) is 34.4 Å². The molecule has 2 N–H and O–H groups in total. The molecule has 118 valence electrons. The lowest BCUT2D eigenvalue weighted by atomic mass is 10.2. The molecule has 1 aromatic rings. The Morgan fingerprint density at radius 2 is 2.05 bits per heavy atom. The summed E-state index contributed by atoms with van der Waals surface area (Å²) in [5.74, 6) is 0. The molecule has 1 fully saturated rings. The van der Waals surface area contributed by atoms with Gasteiger partial charge in [0.25, 0.3) is 15.7 Å². The monoisotopic (exact) mass is 337 g/mol. The summed E-state index contributed by atoms with van der Waals surface area (Å²) < 4.78 is 25.9. The number of piperazine rings is 1. The third-order valence-electron chi connectivity index (χ3n) is 3.19. The fourth-order valence-electron chi connectivity index (χ4n) is 2.10. The number of aliphatic hydroxyl groups is 1. The van der Waals surface area contributed by atoms with Gasteiger partial charge < -0.3 is 10.4 Å². The van der Waals surface area contributed by atoms with Gasteiger partial charge in [-0.2, -0.15) is 4.31 Å². The molecule has 0 radical (unpaired) electrons. The number of sulfonamides is 1. The highest BCUT2D eigenvalue weighted by Gasteiger charge is 2.38. The Balaban J connectivity index is 0.00000220. The van der Waals surface area contributed by atoms with E-state index in [1.807, 2.05) is 0 Å². The van der Waals surface area contributed by atoms with Gasteiger partial charge in [-0.1, -0.05) is 12.1 Å². The second-order valence-electron chi connectivity index (χ2n) is 4.50. The number of benzene rings is 1. The van der Waals surface area contributed by atoms with Gasteiger partial charge in [-0.05, 0) is 13.0 Å². The number of hydrogen-bond donors (Lipinski definition) is 2. The molecule has 1 saturated heterocycles. The van der Waals surface area contributed by atoms with Crippen molar-refractivity contribution < 1.29 is 18.4 Å². The molecular weight excluding hydrogens is 322 g/mol. The molecule has 2 atom stereocenters. The van der Waals surface area contributed by atoms with E-state index < -0.39 is 37.8 Å². The van der Waals surface area contributed by atoms with Crippen molar-refractivity contribution in [2.45, 2.75) is 24.1 Å². The van der Waals surface area contributed by atoms with Gasteiger partial charge in [-0.25, -0.2) is 8.42 Å². The van der Waals surface area contributed by atoms with E-state index in [-0.39, 0.29) is 19.0 Å². The van der Waals surface area contributed by atoms with E-state index in [0.717, 1.165) is 10.4 Å². The molecule has 1 heterocycles. The summed E-state index contributed by atoms with van der Waals surface area (Å²) in [6.07, 6.45) is -1.26. The van der Waals surface area contributed by atoms with Crippen LogP contribution >= 0.6 is 12.4 Å². The molecule has 1 aliphatic rings. The first kappa shape index (κ1) is 17.8. The molecule has 0 bridgehead atoms. The van der Waals surface area contributed by atoms with Crippen LogP contribution in [0.4, 0.5) is 5.69 Å². The van der Waals surface area contributed by atoms with E-state index in [0.29, 0.717) is 6.54 Å². The lowest BCUT2D eigenvalue weighted by Crippen LogP contribution is -2.58. The molecule has 0 spiro atoms. The van der Waals surface area contributed by atoms with Crippen LogP contribution in [0.15, 0.2) is 29.2 Å². The minimum atomic E-state index is -4.12. The number of nitro groups is 1. The number of nitro benzene ring substituents is 1. The third-order valence-corrected chi connectivity index (χ3v) is 5.11. The zero-order valence-electron chi connectivity index (χ0n) is 11.2. The van der Waals surface area contributed by atoms with E-state index in [4.69, 9.17) is 0 Å². The van der Waals surface area contributed by atoms with Crippen molar-refractivity contribution in [2.24, 2.45) is 0 Å². The van der Waals surface area contributed by atoms with Gasteiger partial charge in [0.05, 0.1) is 4.92 Å². The average molecular weight is 338 g/mol.